The summed E-state index contributed by atoms with van der Waals surface area (Å²) >= 11 is 0. The first kappa shape index (κ1) is 46.6. The van der Waals surface area contributed by atoms with Gasteiger partial charge < -0.3 is 14.4 Å². The molecule has 0 aromatic rings. The van der Waals surface area contributed by atoms with Crippen LogP contribution in [-0.4, -0.2) is 49.7 Å². The Balaban J connectivity index is 1.22. The van der Waals surface area contributed by atoms with Gasteiger partial charge in [-0.05, 0) is 165 Å². The van der Waals surface area contributed by atoms with Crippen molar-refractivity contribution in [2.75, 3.05) is 20.6 Å². The molecule has 0 amide bonds. The Hall–Kier alpha value is -1.10. The van der Waals surface area contributed by atoms with Gasteiger partial charge in [-0.25, -0.2) is 0 Å². The van der Waals surface area contributed by atoms with E-state index in [-0.39, 0.29) is 24.1 Å². The minimum absolute atomic E-state index is 0.0109. The second kappa shape index (κ2) is 27.6. The molecule has 4 rings (SSSR count). The van der Waals surface area contributed by atoms with Crippen molar-refractivity contribution in [1.82, 2.24) is 4.90 Å². The summed E-state index contributed by atoms with van der Waals surface area (Å²) in [7, 11) is 4.31. The van der Waals surface area contributed by atoms with Crippen molar-refractivity contribution in [3.63, 3.8) is 0 Å². The molecule has 5 heteroatoms. The van der Waals surface area contributed by atoms with Crippen LogP contribution in [0.4, 0.5) is 0 Å². The SMILES string of the molecule is CCCCCCCC(CCCCCCC)OC(=O)CCCC(CCCC(=O)OC(CC1CC2CCCCC2C1)CC1CC2CCCCC2C1)CCCN(C)C. The van der Waals surface area contributed by atoms with Gasteiger partial charge in [0.2, 0.25) is 0 Å². The van der Waals surface area contributed by atoms with E-state index >= 15 is 0 Å². The zero-order valence-corrected chi connectivity index (χ0v) is 37.0. The summed E-state index contributed by atoms with van der Waals surface area (Å²) in [4.78, 5) is 28.9. The zero-order valence-electron chi connectivity index (χ0n) is 37.0. The maximum Gasteiger partial charge on any atom is 0.306 e. The average Bonchev–Trinajstić information content (AvgIpc) is 3.77. The fourth-order valence-corrected chi connectivity index (χ4v) is 11.9. The Morgan fingerprint density at radius 1 is 0.509 bits per heavy atom. The molecule has 0 bridgehead atoms. The lowest BCUT2D eigenvalue weighted by Gasteiger charge is -2.25. The van der Waals surface area contributed by atoms with E-state index in [1.54, 1.807) is 0 Å². The predicted octanol–water partition coefficient (Wildman–Crippen LogP) is 14.0. The predicted molar refractivity (Wildman–Crippen MR) is 231 cm³/mol. The van der Waals surface area contributed by atoms with Gasteiger partial charge in [0.25, 0.3) is 0 Å². The topological polar surface area (TPSA) is 55.8 Å². The highest BCUT2D eigenvalue weighted by Gasteiger charge is 2.40. The van der Waals surface area contributed by atoms with Gasteiger partial charge in [0.1, 0.15) is 12.2 Å². The Labute approximate surface area is 341 Å². The van der Waals surface area contributed by atoms with Gasteiger partial charge in [-0.1, -0.05) is 117 Å². The molecule has 4 aliphatic carbocycles. The van der Waals surface area contributed by atoms with Gasteiger partial charge in [-0.2, -0.15) is 0 Å². The Morgan fingerprint density at radius 2 is 0.909 bits per heavy atom. The molecule has 0 heterocycles. The lowest BCUT2D eigenvalue weighted by Crippen LogP contribution is -2.24. The molecule has 0 spiro atoms. The van der Waals surface area contributed by atoms with E-state index in [0.29, 0.717) is 18.8 Å². The van der Waals surface area contributed by atoms with Crippen LogP contribution in [0.5, 0.6) is 0 Å². The van der Waals surface area contributed by atoms with E-state index in [2.05, 4.69) is 32.8 Å². The van der Waals surface area contributed by atoms with Crippen molar-refractivity contribution in [2.24, 2.45) is 41.4 Å². The first-order valence-electron chi connectivity index (χ1n) is 24.9. The van der Waals surface area contributed by atoms with E-state index in [1.165, 1.54) is 148 Å². The second-order valence-electron chi connectivity index (χ2n) is 20.0. The molecule has 55 heavy (non-hydrogen) atoms. The normalized spacial score (nSPS) is 26.2. The van der Waals surface area contributed by atoms with E-state index in [0.717, 1.165) is 99.8 Å². The van der Waals surface area contributed by atoms with Crippen LogP contribution in [-0.2, 0) is 19.1 Å². The number of unbranched alkanes of at least 4 members (excludes halogenated alkanes) is 8. The van der Waals surface area contributed by atoms with Crippen LogP contribution in [0.3, 0.4) is 0 Å². The third-order valence-corrected chi connectivity index (χ3v) is 14.9. The van der Waals surface area contributed by atoms with Crippen LogP contribution < -0.4 is 0 Å². The highest BCUT2D eigenvalue weighted by Crippen LogP contribution is 2.49. The summed E-state index contributed by atoms with van der Waals surface area (Å²) < 4.78 is 12.7. The first-order chi connectivity index (χ1) is 26.8. The number of fused-ring (bicyclic) bond motifs is 2. The Bertz CT molecular complexity index is 938. The van der Waals surface area contributed by atoms with Gasteiger partial charge >= 0.3 is 11.9 Å². The monoisotopic (exact) mass is 770 g/mol. The van der Waals surface area contributed by atoms with Crippen LogP contribution in [0.25, 0.3) is 0 Å². The quantitative estimate of drug-likeness (QED) is 0.0538. The fraction of sp³-hybridized carbons (Fsp3) is 0.960. The van der Waals surface area contributed by atoms with Crippen molar-refractivity contribution in [3.8, 4) is 0 Å². The molecule has 4 saturated carbocycles. The number of ether oxygens (including phenoxy) is 2. The van der Waals surface area contributed by atoms with E-state index in [4.69, 9.17) is 9.47 Å². The van der Waals surface area contributed by atoms with Gasteiger partial charge in [0.05, 0.1) is 0 Å². The standard InChI is InChI=1S/C50H91NO4/c1-5-7-9-11-13-29-47(30-14-12-10-8-6-2)54-49(52)31-19-22-40(24-21-33-51(3)4)23-20-32-50(53)55-48(38-41-34-43-25-15-16-26-44(43)35-41)39-42-36-45-27-17-18-28-46(45)37-42/h40-48H,5-39H2,1-4H3. The van der Waals surface area contributed by atoms with Crippen LogP contribution in [0.15, 0.2) is 0 Å². The van der Waals surface area contributed by atoms with Gasteiger partial charge in [-0.15, -0.1) is 0 Å². The van der Waals surface area contributed by atoms with Gasteiger partial charge in [0.15, 0.2) is 0 Å². The van der Waals surface area contributed by atoms with E-state index < -0.39 is 0 Å². The molecular weight excluding hydrogens is 679 g/mol. The maximum atomic E-state index is 13.6. The first-order valence-corrected chi connectivity index (χ1v) is 24.9. The molecule has 4 aliphatic rings. The van der Waals surface area contributed by atoms with Crippen LogP contribution in [0, 0.1) is 41.4 Å². The minimum Gasteiger partial charge on any atom is -0.462 e. The van der Waals surface area contributed by atoms with E-state index in [1.807, 2.05) is 0 Å². The molecule has 5 unspecified atom stereocenters. The smallest absolute Gasteiger partial charge is 0.306 e. The lowest BCUT2D eigenvalue weighted by atomic mass is 9.82. The average molecular weight is 770 g/mol. The number of nitrogens with zero attached hydrogens (tertiary/aromatic N) is 1. The summed E-state index contributed by atoms with van der Waals surface area (Å²) in [5.41, 5.74) is 0. The largest absolute Gasteiger partial charge is 0.462 e. The Morgan fingerprint density at radius 3 is 1.33 bits per heavy atom. The van der Waals surface area contributed by atoms with Crippen LogP contribution in [0.2, 0.25) is 0 Å². The number of hydrogen-bond donors (Lipinski definition) is 0. The summed E-state index contributed by atoms with van der Waals surface area (Å²) in [5, 5.41) is 0. The third kappa shape index (κ3) is 19.0. The minimum atomic E-state index is 0.0109. The van der Waals surface area contributed by atoms with Gasteiger partial charge in [0, 0.05) is 12.8 Å². The molecule has 5 nitrogen and oxygen atoms in total. The van der Waals surface area contributed by atoms with Crippen LogP contribution in [0.1, 0.15) is 232 Å². The van der Waals surface area contributed by atoms with Crippen molar-refractivity contribution >= 4 is 11.9 Å². The van der Waals surface area contributed by atoms with Crippen LogP contribution >= 0.6 is 0 Å². The summed E-state index contributed by atoms with van der Waals surface area (Å²) in [6.45, 7) is 5.62. The molecule has 320 valence electrons. The molecule has 0 aromatic heterocycles. The molecule has 4 fully saturated rings. The number of esters is 2. The molecule has 0 saturated heterocycles. The number of rotatable bonds is 30. The molecule has 5 atom stereocenters. The maximum absolute atomic E-state index is 13.6. The molecule has 0 N–H and O–H groups in total. The molecule has 0 radical (unpaired) electrons. The van der Waals surface area contributed by atoms with Crippen molar-refractivity contribution < 1.29 is 19.1 Å². The highest BCUT2D eigenvalue weighted by atomic mass is 16.5. The fourth-order valence-electron chi connectivity index (χ4n) is 11.9. The van der Waals surface area contributed by atoms with E-state index in [9.17, 15) is 9.59 Å². The zero-order chi connectivity index (χ0) is 39.1. The highest BCUT2D eigenvalue weighted by molar-refractivity contribution is 5.69. The number of carbonyl (C=O) groups is 2. The molecule has 0 aliphatic heterocycles. The van der Waals surface area contributed by atoms with Crippen molar-refractivity contribution in [1.29, 1.82) is 0 Å². The molecular formula is C50H91NO4. The Kier molecular flexibility index (Phi) is 23.3. The summed E-state index contributed by atoms with van der Waals surface area (Å²) in [6.07, 6.45) is 41.4. The lowest BCUT2D eigenvalue weighted by molar-refractivity contribution is -0.151. The van der Waals surface area contributed by atoms with Crippen molar-refractivity contribution in [3.05, 3.63) is 0 Å². The second-order valence-corrected chi connectivity index (χ2v) is 20.0. The van der Waals surface area contributed by atoms with Crippen molar-refractivity contribution in [2.45, 2.75) is 244 Å². The molecule has 0 aromatic carbocycles. The number of hydrogen-bond acceptors (Lipinski definition) is 5. The summed E-state index contributed by atoms with van der Waals surface area (Å²) in [6, 6.07) is 0. The third-order valence-electron chi connectivity index (χ3n) is 14.9. The summed E-state index contributed by atoms with van der Waals surface area (Å²) in [5.74, 6) is 5.90. The number of carbonyl (C=O) groups excluding carboxylic acids is 2. The van der Waals surface area contributed by atoms with Gasteiger partial charge in [-0.3, -0.25) is 9.59 Å².